The molecule has 1 saturated carbocycles. The van der Waals surface area contributed by atoms with Gasteiger partial charge in [-0.05, 0) is 12.8 Å². The molecule has 0 amide bonds. The van der Waals surface area contributed by atoms with Crippen molar-refractivity contribution in [2.45, 2.75) is 24.8 Å². The minimum Gasteiger partial charge on any atom is -0.325 e. The summed E-state index contributed by atoms with van der Waals surface area (Å²) >= 11 is 0. The topological polar surface area (TPSA) is 56.7 Å². The average molecular weight is 152 g/mol. The lowest BCUT2D eigenvalue weighted by atomic mass is 10.1. The van der Waals surface area contributed by atoms with Crippen molar-refractivity contribution in [2.24, 2.45) is 12.8 Å². The van der Waals surface area contributed by atoms with E-state index < -0.39 is 0 Å². The number of rotatable bonds is 2. The van der Waals surface area contributed by atoms with Gasteiger partial charge in [-0.2, -0.15) is 15.0 Å². The van der Waals surface area contributed by atoms with Crippen LogP contribution in [-0.4, -0.2) is 20.5 Å². The maximum atomic E-state index is 5.91. The van der Waals surface area contributed by atoms with Gasteiger partial charge < -0.3 is 5.73 Å². The zero-order chi connectivity index (χ0) is 7.90. The SMILES string of the molecule is Cn1ncc(CC2(N)CC2)n1. The lowest BCUT2D eigenvalue weighted by Gasteiger charge is -2.02. The highest BCUT2D eigenvalue weighted by atomic mass is 15.4. The highest BCUT2D eigenvalue weighted by Crippen LogP contribution is 2.34. The molecule has 1 aliphatic rings. The average Bonchev–Trinajstić information content (AvgIpc) is 2.49. The second-order valence-electron chi connectivity index (χ2n) is 3.36. The Morgan fingerprint density at radius 2 is 2.45 bits per heavy atom. The summed E-state index contributed by atoms with van der Waals surface area (Å²) in [5, 5.41) is 8.14. The van der Waals surface area contributed by atoms with Gasteiger partial charge in [0.1, 0.15) is 0 Å². The van der Waals surface area contributed by atoms with Crippen LogP contribution in [-0.2, 0) is 13.5 Å². The van der Waals surface area contributed by atoms with Gasteiger partial charge >= 0.3 is 0 Å². The van der Waals surface area contributed by atoms with E-state index in [9.17, 15) is 0 Å². The van der Waals surface area contributed by atoms with Gasteiger partial charge in [-0.15, -0.1) is 0 Å². The lowest BCUT2D eigenvalue weighted by molar-refractivity contribution is 0.616. The van der Waals surface area contributed by atoms with Gasteiger partial charge in [-0.3, -0.25) is 0 Å². The first kappa shape index (κ1) is 6.79. The molecule has 2 rings (SSSR count). The minimum absolute atomic E-state index is 0.0516. The molecule has 0 saturated heterocycles. The molecule has 0 atom stereocenters. The molecule has 0 unspecified atom stereocenters. The number of hydrogen-bond acceptors (Lipinski definition) is 3. The van der Waals surface area contributed by atoms with Crippen molar-refractivity contribution >= 4 is 0 Å². The van der Waals surface area contributed by atoms with Crippen LogP contribution >= 0.6 is 0 Å². The summed E-state index contributed by atoms with van der Waals surface area (Å²) < 4.78 is 0. The van der Waals surface area contributed by atoms with E-state index in [2.05, 4.69) is 10.2 Å². The van der Waals surface area contributed by atoms with Gasteiger partial charge in [0.05, 0.1) is 11.9 Å². The molecule has 1 aliphatic carbocycles. The summed E-state index contributed by atoms with van der Waals surface area (Å²) in [6, 6.07) is 0. The summed E-state index contributed by atoms with van der Waals surface area (Å²) in [5.74, 6) is 0. The number of aromatic nitrogens is 3. The zero-order valence-corrected chi connectivity index (χ0v) is 6.62. The van der Waals surface area contributed by atoms with E-state index in [1.54, 1.807) is 11.0 Å². The Labute approximate surface area is 65.4 Å². The van der Waals surface area contributed by atoms with E-state index in [0.29, 0.717) is 0 Å². The van der Waals surface area contributed by atoms with Crippen LogP contribution in [0.3, 0.4) is 0 Å². The fraction of sp³-hybridized carbons (Fsp3) is 0.714. The van der Waals surface area contributed by atoms with Crippen molar-refractivity contribution in [3.8, 4) is 0 Å². The van der Waals surface area contributed by atoms with E-state index in [1.807, 2.05) is 7.05 Å². The summed E-state index contributed by atoms with van der Waals surface area (Å²) in [4.78, 5) is 1.57. The van der Waals surface area contributed by atoms with Gasteiger partial charge in [0, 0.05) is 19.0 Å². The molecule has 2 N–H and O–H groups in total. The molecule has 1 aromatic rings. The van der Waals surface area contributed by atoms with Gasteiger partial charge in [-0.25, -0.2) is 0 Å². The van der Waals surface area contributed by atoms with Crippen LogP contribution in [0.1, 0.15) is 18.5 Å². The molecule has 0 aliphatic heterocycles. The molecular weight excluding hydrogens is 140 g/mol. The quantitative estimate of drug-likeness (QED) is 0.641. The first-order valence-corrected chi connectivity index (χ1v) is 3.82. The Morgan fingerprint density at radius 3 is 2.91 bits per heavy atom. The third-order valence-electron chi connectivity index (χ3n) is 2.07. The molecule has 4 nitrogen and oxygen atoms in total. The zero-order valence-electron chi connectivity index (χ0n) is 6.62. The van der Waals surface area contributed by atoms with Gasteiger partial charge in [0.25, 0.3) is 0 Å². The molecule has 1 heterocycles. The monoisotopic (exact) mass is 152 g/mol. The van der Waals surface area contributed by atoms with Crippen LogP contribution in [0.15, 0.2) is 6.20 Å². The maximum absolute atomic E-state index is 5.91. The predicted octanol–water partition coefficient (Wildman–Crippen LogP) is -0.151. The predicted molar refractivity (Wildman–Crippen MR) is 40.9 cm³/mol. The highest BCUT2D eigenvalue weighted by molar-refractivity contribution is 5.08. The molecule has 0 radical (unpaired) electrons. The summed E-state index contributed by atoms with van der Waals surface area (Å²) in [6.07, 6.45) is 4.92. The smallest absolute Gasteiger partial charge is 0.0845 e. The maximum Gasteiger partial charge on any atom is 0.0845 e. The normalized spacial score (nSPS) is 20.2. The largest absolute Gasteiger partial charge is 0.325 e. The van der Waals surface area contributed by atoms with Crippen LogP contribution in [0.5, 0.6) is 0 Å². The van der Waals surface area contributed by atoms with E-state index in [4.69, 9.17) is 5.73 Å². The standard InChI is InChI=1S/C7H12N4/c1-11-9-5-6(10-11)4-7(8)2-3-7/h5H,2-4,8H2,1H3. The van der Waals surface area contributed by atoms with Crippen molar-refractivity contribution in [3.63, 3.8) is 0 Å². The Morgan fingerprint density at radius 1 is 1.73 bits per heavy atom. The minimum atomic E-state index is 0.0516. The van der Waals surface area contributed by atoms with Crippen LogP contribution < -0.4 is 5.73 Å². The van der Waals surface area contributed by atoms with Gasteiger partial charge in [0.2, 0.25) is 0 Å². The van der Waals surface area contributed by atoms with Crippen molar-refractivity contribution in [3.05, 3.63) is 11.9 Å². The van der Waals surface area contributed by atoms with Crippen molar-refractivity contribution in [1.29, 1.82) is 0 Å². The molecule has 1 aromatic heterocycles. The first-order chi connectivity index (χ1) is 5.18. The number of nitrogens with two attached hydrogens (primary N) is 1. The second kappa shape index (κ2) is 2.04. The third-order valence-corrected chi connectivity index (χ3v) is 2.07. The molecule has 0 spiro atoms. The first-order valence-electron chi connectivity index (χ1n) is 3.82. The number of aryl methyl sites for hydroxylation is 1. The summed E-state index contributed by atoms with van der Waals surface area (Å²) in [6.45, 7) is 0. The van der Waals surface area contributed by atoms with Gasteiger partial charge in [0.15, 0.2) is 0 Å². The Hall–Kier alpha value is -0.900. The lowest BCUT2D eigenvalue weighted by Crippen LogP contribution is -2.24. The molecule has 1 fully saturated rings. The van der Waals surface area contributed by atoms with Gasteiger partial charge in [-0.1, -0.05) is 0 Å². The van der Waals surface area contributed by atoms with E-state index in [0.717, 1.165) is 25.0 Å². The van der Waals surface area contributed by atoms with Crippen molar-refractivity contribution in [2.75, 3.05) is 0 Å². The fourth-order valence-electron chi connectivity index (χ4n) is 1.17. The summed E-state index contributed by atoms with van der Waals surface area (Å²) in [5.41, 5.74) is 6.97. The second-order valence-corrected chi connectivity index (χ2v) is 3.36. The molecular formula is C7H12N4. The molecule has 11 heavy (non-hydrogen) atoms. The van der Waals surface area contributed by atoms with Crippen molar-refractivity contribution < 1.29 is 0 Å². The van der Waals surface area contributed by atoms with Crippen LogP contribution in [0.4, 0.5) is 0 Å². The van der Waals surface area contributed by atoms with E-state index in [1.165, 1.54) is 0 Å². The molecule has 0 aromatic carbocycles. The van der Waals surface area contributed by atoms with Crippen LogP contribution in [0.2, 0.25) is 0 Å². The molecule has 4 heteroatoms. The Kier molecular flexibility index (Phi) is 1.26. The van der Waals surface area contributed by atoms with E-state index >= 15 is 0 Å². The Bertz CT molecular complexity index is 261. The van der Waals surface area contributed by atoms with Crippen LogP contribution in [0.25, 0.3) is 0 Å². The highest BCUT2D eigenvalue weighted by Gasteiger charge is 2.38. The Balaban J connectivity index is 2.06. The third kappa shape index (κ3) is 1.40. The molecule has 0 bridgehead atoms. The van der Waals surface area contributed by atoms with E-state index in [-0.39, 0.29) is 5.54 Å². The fourth-order valence-corrected chi connectivity index (χ4v) is 1.17. The van der Waals surface area contributed by atoms with Crippen molar-refractivity contribution in [1.82, 2.24) is 15.0 Å². The molecule has 60 valence electrons. The van der Waals surface area contributed by atoms with Crippen LogP contribution in [0, 0.1) is 0 Å². The summed E-state index contributed by atoms with van der Waals surface area (Å²) in [7, 11) is 1.82. The number of nitrogens with zero attached hydrogens (tertiary/aromatic N) is 3. The number of hydrogen-bond donors (Lipinski definition) is 1.